The maximum atomic E-state index is 13.6. The fourth-order valence-corrected chi connectivity index (χ4v) is 2.15. The van der Waals surface area contributed by atoms with Gasteiger partial charge in [0.1, 0.15) is 5.82 Å². The second kappa shape index (κ2) is 7.04. The summed E-state index contributed by atoms with van der Waals surface area (Å²) in [6, 6.07) is 10.3. The number of carbonyl (C=O) groups excluding carboxylic acids is 1. The molecule has 1 atom stereocenters. The lowest BCUT2D eigenvalue weighted by Gasteiger charge is -2.15. The quantitative estimate of drug-likeness (QED) is 0.774. The van der Waals surface area contributed by atoms with E-state index in [0.717, 1.165) is 0 Å². The molecule has 5 nitrogen and oxygen atoms in total. The summed E-state index contributed by atoms with van der Waals surface area (Å²) in [5.41, 5.74) is 0.374. The average Bonchev–Trinajstić information content (AvgIpc) is 2.48. The van der Waals surface area contributed by atoms with Crippen molar-refractivity contribution in [2.45, 2.75) is 6.04 Å². The number of amides is 2. The van der Waals surface area contributed by atoms with Crippen molar-refractivity contribution in [2.24, 2.45) is 0 Å². The Balaban J connectivity index is 2.10. The normalized spacial score (nSPS) is 11.5. The topological polar surface area (TPSA) is 78.4 Å². The lowest BCUT2D eigenvalue weighted by Crippen LogP contribution is -2.36. The van der Waals surface area contributed by atoms with Gasteiger partial charge in [0.25, 0.3) is 0 Å². The highest BCUT2D eigenvalue weighted by molar-refractivity contribution is 9.10. The molecule has 2 amide bonds. The van der Waals surface area contributed by atoms with Gasteiger partial charge in [-0.1, -0.05) is 46.3 Å². The van der Waals surface area contributed by atoms with E-state index in [1.807, 2.05) is 0 Å². The number of urea groups is 1. The first kappa shape index (κ1) is 16.0. The molecule has 114 valence electrons. The highest BCUT2D eigenvalue weighted by Gasteiger charge is 2.22. The van der Waals surface area contributed by atoms with Gasteiger partial charge in [-0.15, -0.1) is 0 Å². The fraction of sp³-hybridized carbons (Fsp3) is 0.0667. The number of halogens is 2. The number of nitrogens with one attached hydrogen (secondary N) is 2. The van der Waals surface area contributed by atoms with Crippen LogP contribution in [-0.2, 0) is 4.79 Å². The zero-order chi connectivity index (χ0) is 16.1. The Morgan fingerprint density at radius 1 is 1.14 bits per heavy atom. The van der Waals surface area contributed by atoms with Crippen molar-refractivity contribution in [3.05, 3.63) is 64.4 Å². The predicted octanol–water partition coefficient (Wildman–Crippen LogP) is 3.54. The first-order valence-electron chi connectivity index (χ1n) is 6.27. The maximum Gasteiger partial charge on any atom is 0.330 e. The molecule has 0 saturated carbocycles. The number of rotatable bonds is 4. The van der Waals surface area contributed by atoms with Gasteiger partial charge in [-0.2, -0.15) is 0 Å². The number of anilines is 1. The van der Waals surface area contributed by atoms with Crippen LogP contribution < -0.4 is 10.6 Å². The number of carboxylic acids is 1. The fourth-order valence-electron chi connectivity index (χ4n) is 1.81. The lowest BCUT2D eigenvalue weighted by atomic mass is 10.1. The molecule has 0 aliphatic heterocycles. The molecule has 7 heteroatoms. The molecule has 0 unspecified atom stereocenters. The monoisotopic (exact) mass is 366 g/mol. The van der Waals surface area contributed by atoms with Crippen molar-refractivity contribution in [3.8, 4) is 0 Å². The Bertz CT molecular complexity index is 694. The van der Waals surface area contributed by atoms with Gasteiger partial charge < -0.3 is 15.7 Å². The van der Waals surface area contributed by atoms with Crippen LogP contribution in [0.4, 0.5) is 14.9 Å². The molecule has 0 spiro atoms. The van der Waals surface area contributed by atoms with Crippen molar-refractivity contribution < 1.29 is 19.1 Å². The molecular weight excluding hydrogens is 355 g/mol. The second-order valence-corrected chi connectivity index (χ2v) is 5.32. The average molecular weight is 367 g/mol. The van der Waals surface area contributed by atoms with E-state index < -0.39 is 23.9 Å². The molecule has 0 aliphatic carbocycles. The van der Waals surface area contributed by atoms with Crippen molar-refractivity contribution in [1.29, 1.82) is 0 Å². The molecular formula is C15H12BrFN2O3. The second-order valence-electron chi connectivity index (χ2n) is 4.40. The summed E-state index contributed by atoms with van der Waals surface area (Å²) >= 11 is 3.11. The number of hydrogen-bond donors (Lipinski definition) is 3. The molecule has 0 aromatic heterocycles. The van der Waals surface area contributed by atoms with Crippen molar-refractivity contribution in [2.75, 3.05) is 5.32 Å². The van der Waals surface area contributed by atoms with E-state index in [2.05, 4.69) is 26.6 Å². The zero-order valence-electron chi connectivity index (χ0n) is 11.2. The molecule has 22 heavy (non-hydrogen) atoms. The summed E-state index contributed by atoms with van der Waals surface area (Å²) in [5.74, 6) is -1.84. The van der Waals surface area contributed by atoms with Crippen LogP contribution in [0.15, 0.2) is 53.0 Å². The molecule has 2 aromatic rings. The van der Waals surface area contributed by atoms with Gasteiger partial charge in [0.2, 0.25) is 0 Å². The number of aliphatic carboxylic acids is 1. The van der Waals surface area contributed by atoms with E-state index in [-0.39, 0.29) is 5.69 Å². The predicted molar refractivity (Wildman–Crippen MR) is 83.1 cm³/mol. The van der Waals surface area contributed by atoms with Crippen LogP contribution in [0, 0.1) is 5.82 Å². The summed E-state index contributed by atoms with van der Waals surface area (Å²) in [4.78, 5) is 23.2. The molecule has 0 saturated heterocycles. The minimum Gasteiger partial charge on any atom is -0.479 e. The van der Waals surface area contributed by atoms with Crippen LogP contribution in [-0.4, -0.2) is 17.1 Å². The number of carboxylic acid groups (broad SMARTS) is 1. The maximum absolute atomic E-state index is 13.6. The third kappa shape index (κ3) is 4.05. The van der Waals surface area contributed by atoms with E-state index in [0.29, 0.717) is 10.0 Å². The molecule has 0 aliphatic rings. The zero-order valence-corrected chi connectivity index (χ0v) is 12.8. The molecule has 2 aromatic carbocycles. The summed E-state index contributed by atoms with van der Waals surface area (Å²) in [6.07, 6.45) is 0. The number of hydrogen-bond acceptors (Lipinski definition) is 2. The third-order valence-electron chi connectivity index (χ3n) is 2.83. The van der Waals surface area contributed by atoms with Crippen LogP contribution in [0.3, 0.4) is 0 Å². The Labute approximate surface area is 134 Å². The van der Waals surface area contributed by atoms with Crippen molar-refractivity contribution in [3.63, 3.8) is 0 Å². The van der Waals surface area contributed by atoms with Crippen LogP contribution >= 0.6 is 15.9 Å². The largest absolute Gasteiger partial charge is 0.479 e. The van der Waals surface area contributed by atoms with Gasteiger partial charge in [0.15, 0.2) is 6.04 Å². The van der Waals surface area contributed by atoms with E-state index in [1.54, 1.807) is 36.4 Å². The summed E-state index contributed by atoms with van der Waals surface area (Å²) < 4.78 is 14.2. The Morgan fingerprint density at radius 3 is 2.41 bits per heavy atom. The van der Waals surface area contributed by atoms with Gasteiger partial charge in [-0.25, -0.2) is 14.0 Å². The van der Waals surface area contributed by atoms with Gasteiger partial charge in [0.05, 0.1) is 5.69 Å². The first-order valence-corrected chi connectivity index (χ1v) is 7.07. The van der Waals surface area contributed by atoms with Gasteiger partial charge >= 0.3 is 12.0 Å². The summed E-state index contributed by atoms with van der Waals surface area (Å²) in [6.45, 7) is 0. The van der Waals surface area contributed by atoms with E-state index >= 15 is 0 Å². The number of carbonyl (C=O) groups is 2. The van der Waals surface area contributed by atoms with Gasteiger partial charge in [0, 0.05) is 4.47 Å². The standard InChI is InChI=1S/C15H12BrFN2O3/c16-10-6-7-12(11(17)8-10)18-15(22)19-13(14(20)21)9-4-2-1-3-5-9/h1-8,13H,(H,20,21)(H2,18,19,22)/t13-/m0/s1. The summed E-state index contributed by atoms with van der Waals surface area (Å²) in [7, 11) is 0. The molecule has 0 fully saturated rings. The van der Waals surface area contributed by atoms with Crippen molar-refractivity contribution >= 4 is 33.6 Å². The first-order chi connectivity index (χ1) is 10.5. The Hall–Kier alpha value is -2.41. The molecule has 3 N–H and O–H groups in total. The van der Waals surface area contributed by atoms with Gasteiger partial charge in [-0.3, -0.25) is 0 Å². The third-order valence-corrected chi connectivity index (χ3v) is 3.33. The van der Waals surface area contributed by atoms with E-state index in [9.17, 15) is 19.1 Å². The summed E-state index contributed by atoms with van der Waals surface area (Å²) in [5, 5.41) is 13.8. The number of benzene rings is 2. The Kier molecular flexibility index (Phi) is 5.11. The van der Waals surface area contributed by atoms with Crippen LogP contribution in [0.1, 0.15) is 11.6 Å². The SMILES string of the molecule is O=C(Nc1ccc(Br)cc1F)N[C@H](C(=O)O)c1ccccc1. The lowest BCUT2D eigenvalue weighted by molar-refractivity contribution is -0.139. The van der Waals surface area contributed by atoms with E-state index in [4.69, 9.17) is 0 Å². The molecule has 0 bridgehead atoms. The molecule has 2 rings (SSSR count). The van der Waals surface area contributed by atoms with Crippen LogP contribution in [0.25, 0.3) is 0 Å². The Morgan fingerprint density at radius 2 is 1.82 bits per heavy atom. The molecule has 0 heterocycles. The highest BCUT2D eigenvalue weighted by atomic mass is 79.9. The van der Waals surface area contributed by atoms with Crippen LogP contribution in [0.2, 0.25) is 0 Å². The van der Waals surface area contributed by atoms with Crippen molar-refractivity contribution in [1.82, 2.24) is 5.32 Å². The van der Waals surface area contributed by atoms with Crippen LogP contribution in [0.5, 0.6) is 0 Å². The highest BCUT2D eigenvalue weighted by Crippen LogP contribution is 2.19. The van der Waals surface area contributed by atoms with E-state index in [1.165, 1.54) is 12.1 Å². The smallest absolute Gasteiger partial charge is 0.330 e. The van der Waals surface area contributed by atoms with Gasteiger partial charge in [-0.05, 0) is 23.8 Å². The molecule has 0 radical (unpaired) electrons. The minimum atomic E-state index is -1.22. The minimum absolute atomic E-state index is 0.0436.